The summed E-state index contributed by atoms with van der Waals surface area (Å²) < 4.78 is 44.5. The van der Waals surface area contributed by atoms with Crippen LogP contribution < -0.4 is 10.5 Å². The van der Waals surface area contributed by atoms with Crippen LogP contribution in [0.5, 0.6) is 5.75 Å². The molecule has 2 N–H and O–H groups in total. The highest BCUT2D eigenvalue weighted by molar-refractivity contribution is 5.78. The van der Waals surface area contributed by atoms with Crippen molar-refractivity contribution in [1.29, 1.82) is 0 Å². The number of hydrogen-bond acceptors (Lipinski definition) is 3. The van der Waals surface area contributed by atoms with Gasteiger partial charge in [-0.15, -0.1) is 0 Å². The molecule has 23 heavy (non-hydrogen) atoms. The van der Waals surface area contributed by atoms with Gasteiger partial charge in [-0.05, 0) is 37.0 Å². The first-order chi connectivity index (χ1) is 10.8. The summed E-state index contributed by atoms with van der Waals surface area (Å²) in [4.78, 5) is 12.9. The fourth-order valence-corrected chi connectivity index (χ4v) is 2.66. The highest BCUT2D eigenvalue weighted by Crippen LogP contribution is 2.31. The summed E-state index contributed by atoms with van der Waals surface area (Å²) >= 11 is 0. The third-order valence-corrected chi connectivity index (χ3v) is 4.01. The molecule has 1 aliphatic heterocycles. The molecule has 4 nitrogen and oxygen atoms in total. The number of aryl methyl sites for hydroxylation is 1. The molecule has 1 fully saturated rings. The van der Waals surface area contributed by atoms with Crippen molar-refractivity contribution in [3.05, 3.63) is 29.8 Å². The fraction of sp³-hybridized carbons (Fsp3) is 0.562. The van der Waals surface area contributed by atoms with E-state index < -0.39 is 30.8 Å². The van der Waals surface area contributed by atoms with Gasteiger partial charge in [0, 0.05) is 12.6 Å². The maximum absolute atomic E-state index is 13.0. The maximum Gasteiger partial charge on any atom is 0.408 e. The van der Waals surface area contributed by atoms with E-state index >= 15 is 0 Å². The predicted molar refractivity (Wildman–Crippen MR) is 80.1 cm³/mol. The number of rotatable bonds is 4. The van der Waals surface area contributed by atoms with E-state index in [4.69, 9.17) is 10.5 Å². The van der Waals surface area contributed by atoms with Crippen LogP contribution in [0.4, 0.5) is 13.2 Å². The molecule has 1 aromatic carbocycles. The Balaban J connectivity index is 1.99. The normalized spacial score (nSPS) is 22.0. The maximum atomic E-state index is 13.0. The van der Waals surface area contributed by atoms with E-state index in [0.29, 0.717) is 5.75 Å². The first-order valence-corrected chi connectivity index (χ1v) is 7.64. The number of amides is 1. The second kappa shape index (κ2) is 7.21. The molecule has 128 valence electrons. The van der Waals surface area contributed by atoms with E-state index in [1.807, 2.05) is 19.1 Å². The lowest BCUT2D eigenvalue weighted by atomic mass is 9.98. The Hall–Kier alpha value is -1.76. The summed E-state index contributed by atoms with van der Waals surface area (Å²) in [5, 5.41) is 0. The number of alkyl halides is 3. The Labute approximate surface area is 133 Å². The van der Waals surface area contributed by atoms with E-state index in [0.717, 1.165) is 16.9 Å². The zero-order valence-corrected chi connectivity index (χ0v) is 13.0. The van der Waals surface area contributed by atoms with Gasteiger partial charge in [-0.3, -0.25) is 4.79 Å². The number of halogens is 3. The van der Waals surface area contributed by atoms with Crippen LogP contribution in [-0.2, 0) is 11.2 Å². The van der Waals surface area contributed by atoms with Crippen LogP contribution in [-0.4, -0.2) is 42.2 Å². The molecule has 2 atom stereocenters. The van der Waals surface area contributed by atoms with Crippen molar-refractivity contribution < 1.29 is 22.7 Å². The number of nitrogens with zero attached hydrogens (tertiary/aromatic N) is 1. The molecular formula is C16H21F3N2O2. The highest BCUT2D eigenvalue weighted by Gasteiger charge is 2.47. The minimum atomic E-state index is -4.45. The van der Waals surface area contributed by atoms with E-state index in [1.54, 1.807) is 12.1 Å². The van der Waals surface area contributed by atoms with Crippen molar-refractivity contribution in [1.82, 2.24) is 4.90 Å². The molecule has 0 bridgehead atoms. The number of benzene rings is 1. The predicted octanol–water partition coefficient (Wildman–Crippen LogP) is 2.51. The van der Waals surface area contributed by atoms with Crippen LogP contribution in [0.3, 0.4) is 0 Å². The minimum Gasteiger partial charge on any atom is -0.484 e. The highest BCUT2D eigenvalue weighted by atomic mass is 19.4. The summed E-state index contributed by atoms with van der Waals surface area (Å²) in [6.07, 6.45) is -3.48. The van der Waals surface area contributed by atoms with Crippen molar-refractivity contribution in [2.45, 2.75) is 44.4 Å². The Morgan fingerprint density at radius 2 is 1.96 bits per heavy atom. The van der Waals surface area contributed by atoms with Crippen molar-refractivity contribution in [2.75, 3.05) is 13.2 Å². The molecule has 0 radical (unpaired) electrons. The third kappa shape index (κ3) is 4.60. The summed E-state index contributed by atoms with van der Waals surface area (Å²) in [6, 6.07) is 4.91. The summed E-state index contributed by atoms with van der Waals surface area (Å²) in [5.74, 6) is -0.234. The van der Waals surface area contributed by atoms with Gasteiger partial charge < -0.3 is 15.4 Å². The number of likely N-dealkylation sites (tertiary alicyclic amines) is 1. The standard InChI is InChI=1S/C16H21F3N2O2/c1-2-11-3-6-13(7-4-11)23-10-15(22)21-9-12(20)5-8-14(21)16(17,18)19/h3-4,6-7,12,14H,2,5,8-10,20H2,1H3/t12-,14-/m1/s1. The molecule has 2 rings (SSSR count). The van der Waals surface area contributed by atoms with Gasteiger partial charge in [0.25, 0.3) is 5.91 Å². The van der Waals surface area contributed by atoms with Gasteiger partial charge in [-0.1, -0.05) is 19.1 Å². The Kier molecular flexibility index (Phi) is 5.51. The second-order valence-corrected chi connectivity index (χ2v) is 5.73. The van der Waals surface area contributed by atoms with Crippen LogP contribution in [0.1, 0.15) is 25.3 Å². The SMILES string of the molecule is CCc1ccc(OCC(=O)N2C[C@H](N)CC[C@@H]2C(F)(F)F)cc1. The number of hydrogen-bond donors (Lipinski definition) is 1. The minimum absolute atomic E-state index is 0.0961. The molecule has 1 heterocycles. The number of nitrogens with two attached hydrogens (primary N) is 1. The van der Waals surface area contributed by atoms with Gasteiger partial charge >= 0.3 is 6.18 Å². The Bertz CT molecular complexity index is 531. The molecule has 0 saturated carbocycles. The molecule has 0 unspecified atom stereocenters. The van der Waals surface area contributed by atoms with E-state index in [2.05, 4.69) is 0 Å². The fourth-order valence-electron chi connectivity index (χ4n) is 2.66. The average molecular weight is 330 g/mol. The van der Waals surface area contributed by atoms with Gasteiger partial charge in [0.05, 0.1) is 0 Å². The van der Waals surface area contributed by atoms with Gasteiger partial charge in [0.1, 0.15) is 11.8 Å². The number of ether oxygens (including phenoxy) is 1. The third-order valence-electron chi connectivity index (χ3n) is 4.01. The molecule has 7 heteroatoms. The van der Waals surface area contributed by atoms with Gasteiger partial charge in [0.15, 0.2) is 6.61 Å². The zero-order valence-electron chi connectivity index (χ0n) is 13.0. The van der Waals surface area contributed by atoms with Crippen LogP contribution in [0.15, 0.2) is 24.3 Å². The first-order valence-electron chi connectivity index (χ1n) is 7.64. The molecule has 1 amide bonds. The average Bonchev–Trinajstić information content (AvgIpc) is 2.51. The lowest BCUT2D eigenvalue weighted by Gasteiger charge is -2.39. The molecule has 1 aromatic rings. The Morgan fingerprint density at radius 1 is 1.30 bits per heavy atom. The quantitative estimate of drug-likeness (QED) is 0.923. The van der Waals surface area contributed by atoms with Crippen molar-refractivity contribution in [3.8, 4) is 5.75 Å². The molecule has 1 aliphatic rings. The molecule has 0 aromatic heterocycles. The molecular weight excluding hydrogens is 309 g/mol. The summed E-state index contributed by atoms with van der Waals surface area (Å²) in [5.41, 5.74) is 6.82. The number of carbonyl (C=O) groups excluding carboxylic acids is 1. The number of piperidine rings is 1. The van der Waals surface area contributed by atoms with E-state index in [1.165, 1.54) is 0 Å². The van der Waals surface area contributed by atoms with Crippen molar-refractivity contribution in [3.63, 3.8) is 0 Å². The topological polar surface area (TPSA) is 55.6 Å². The van der Waals surface area contributed by atoms with E-state index in [-0.39, 0.29) is 19.4 Å². The van der Waals surface area contributed by atoms with Gasteiger partial charge in [0.2, 0.25) is 0 Å². The largest absolute Gasteiger partial charge is 0.484 e. The van der Waals surface area contributed by atoms with Gasteiger partial charge in [-0.2, -0.15) is 13.2 Å². The zero-order chi connectivity index (χ0) is 17.0. The summed E-state index contributed by atoms with van der Waals surface area (Å²) in [6.45, 7) is 1.49. The molecule has 0 spiro atoms. The van der Waals surface area contributed by atoms with Crippen LogP contribution in [0.25, 0.3) is 0 Å². The van der Waals surface area contributed by atoms with Crippen molar-refractivity contribution >= 4 is 5.91 Å². The van der Waals surface area contributed by atoms with E-state index in [9.17, 15) is 18.0 Å². The van der Waals surface area contributed by atoms with Gasteiger partial charge in [-0.25, -0.2) is 0 Å². The van der Waals surface area contributed by atoms with Crippen LogP contribution in [0, 0.1) is 0 Å². The lowest BCUT2D eigenvalue weighted by molar-refractivity contribution is -0.197. The number of carbonyl (C=O) groups is 1. The van der Waals surface area contributed by atoms with Crippen LogP contribution in [0.2, 0.25) is 0 Å². The summed E-state index contributed by atoms with van der Waals surface area (Å²) in [7, 11) is 0. The Morgan fingerprint density at radius 3 is 2.52 bits per heavy atom. The monoisotopic (exact) mass is 330 g/mol. The second-order valence-electron chi connectivity index (χ2n) is 5.73. The smallest absolute Gasteiger partial charge is 0.408 e. The first kappa shape index (κ1) is 17.6. The molecule has 1 saturated heterocycles. The molecule has 0 aliphatic carbocycles. The van der Waals surface area contributed by atoms with Crippen molar-refractivity contribution in [2.24, 2.45) is 5.73 Å². The van der Waals surface area contributed by atoms with Crippen LogP contribution >= 0.6 is 0 Å². The lowest BCUT2D eigenvalue weighted by Crippen LogP contribution is -2.57.